The molecule has 5 aromatic rings. The van der Waals surface area contributed by atoms with E-state index in [1.807, 2.05) is 87.5 Å². The van der Waals surface area contributed by atoms with Crippen LogP contribution >= 0.6 is 0 Å². The summed E-state index contributed by atoms with van der Waals surface area (Å²) in [7, 11) is 0. The molecule has 6 atom stereocenters. The normalized spacial score (nSPS) is 22.0. The molecular weight excluding hydrogens is 931 g/mol. The van der Waals surface area contributed by atoms with E-state index < -0.39 is 34.4 Å². The molecule has 0 aromatic heterocycles. The molecule has 382 valence electrons. The molecule has 5 aromatic carbocycles. The van der Waals surface area contributed by atoms with Crippen LogP contribution in [0.25, 0.3) is 11.1 Å². The Morgan fingerprint density at radius 2 is 1.53 bits per heavy atom. The lowest BCUT2D eigenvalue weighted by molar-refractivity contribution is -0.384. The number of unbranched alkanes of at least 4 members (excludes halogenated alkanes) is 2. The number of amides is 1. The van der Waals surface area contributed by atoms with Crippen molar-refractivity contribution in [1.82, 2.24) is 4.90 Å². The van der Waals surface area contributed by atoms with Crippen molar-refractivity contribution < 1.29 is 53.2 Å². The lowest BCUT2D eigenvalue weighted by atomic mass is 9.55. The predicted octanol–water partition coefficient (Wildman–Crippen LogP) is 11.9. The number of hydrogen-bond acceptors (Lipinski definition) is 13. The minimum Gasteiger partial charge on any atom is -0.459 e. The standard InChI is InChI=1S/C58H63N3O12/c1-5-31-69-58-53(60(36-38-17-27-51-52(32-38)68-37-67-51)56(64)71-44-24-20-42(21-25-44)61(65)66)35-49(59-73-57(2,3)4)47-33-41(15-9-11-29-62)46(16-10-12-30-63)54(55(47)58)48-34-45(26-28-50(48)72-58)70-43-22-18-40(19-23-43)39-13-7-6-8-14-39/h5-8,13-14,17-28,32-34,41,46,53-55,62-63H,1,9-12,15-16,29-31,35-37H2,2-4H3. The number of oxime groups is 1. The second-order valence-electron chi connectivity index (χ2n) is 19.9. The second-order valence-corrected chi connectivity index (χ2v) is 19.9. The van der Waals surface area contributed by atoms with E-state index in [9.17, 15) is 20.3 Å². The molecule has 15 nitrogen and oxygen atoms in total. The van der Waals surface area contributed by atoms with Crippen molar-refractivity contribution in [2.45, 2.75) is 95.6 Å². The molecular formula is C58H63N3O12. The van der Waals surface area contributed by atoms with E-state index in [1.54, 1.807) is 17.0 Å². The maximum absolute atomic E-state index is 15.3. The summed E-state index contributed by atoms with van der Waals surface area (Å²) in [4.78, 5) is 34.3. The van der Waals surface area contributed by atoms with Gasteiger partial charge in [0.05, 0.1) is 23.2 Å². The van der Waals surface area contributed by atoms with E-state index in [4.69, 9.17) is 38.4 Å². The third-order valence-electron chi connectivity index (χ3n) is 13.9. The van der Waals surface area contributed by atoms with Crippen LogP contribution in [0.2, 0.25) is 0 Å². The first-order valence-corrected chi connectivity index (χ1v) is 25.1. The minimum absolute atomic E-state index is 0.00659. The Morgan fingerprint density at radius 3 is 2.25 bits per heavy atom. The third-order valence-corrected chi connectivity index (χ3v) is 13.9. The van der Waals surface area contributed by atoms with Gasteiger partial charge in [0.15, 0.2) is 11.5 Å². The van der Waals surface area contributed by atoms with Gasteiger partial charge in [-0.1, -0.05) is 78.7 Å². The van der Waals surface area contributed by atoms with E-state index in [2.05, 4.69) is 30.9 Å². The van der Waals surface area contributed by atoms with Crippen LogP contribution in [-0.4, -0.2) is 75.9 Å². The lowest BCUT2D eigenvalue weighted by Crippen LogP contribution is -2.70. The highest BCUT2D eigenvalue weighted by Gasteiger charge is 2.66. The summed E-state index contributed by atoms with van der Waals surface area (Å²) >= 11 is 0. The van der Waals surface area contributed by atoms with Crippen LogP contribution < -0.4 is 23.7 Å². The third kappa shape index (κ3) is 11.2. The molecule has 73 heavy (non-hydrogen) atoms. The Labute approximate surface area is 425 Å². The molecule has 1 amide bonds. The Morgan fingerprint density at radius 1 is 0.849 bits per heavy atom. The number of aliphatic hydroxyl groups is 2. The van der Waals surface area contributed by atoms with Gasteiger partial charge in [-0.25, -0.2) is 4.79 Å². The van der Waals surface area contributed by atoms with Crippen molar-refractivity contribution >= 4 is 17.5 Å². The molecule has 6 unspecified atom stereocenters. The van der Waals surface area contributed by atoms with Crippen molar-refractivity contribution in [3.05, 3.63) is 161 Å². The maximum atomic E-state index is 15.3. The van der Waals surface area contributed by atoms with Crippen LogP contribution in [0.1, 0.15) is 82.8 Å². The van der Waals surface area contributed by atoms with Gasteiger partial charge in [-0.2, -0.15) is 0 Å². The van der Waals surface area contributed by atoms with E-state index in [1.165, 1.54) is 24.3 Å². The monoisotopic (exact) mass is 993 g/mol. The van der Waals surface area contributed by atoms with Gasteiger partial charge in [0.2, 0.25) is 12.6 Å². The zero-order valence-electron chi connectivity index (χ0n) is 41.5. The molecule has 1 fully saturated rings. The molecule has 0 spiro atoms. The van der Waals surface area contributed by atoms with Crippen LogP contribution in [0.3, 0.4) is 0 Å². The molecule has 1 saturated carbocycles. The number of non-ortho nitro benzene ring substituents is 1. The van der Waals surface area contributed by atoms with Crippen molar-refractivity contribution in [3.8, 4) is 45.6 Å². The fourth-order valence-corrected chi connectivity index (χ4v) is 10.7. The summed E-state index contributed by atoms with van der Waals surface area (Å²) in [5, 5.41) is 36.7. The number of carbonyl (C=O) groups excluding carboxylic acids is 1. The van der Waals surface area contributed by atoms with Gasteiger partial charge in [0.25, 0.3) is 5.69 Å². The highest BCUT2D eigenvalue weighted by molar-refractivity contribution is 6.03. The number of nitrogens with zero attached hydrogens (tertiary/aromatic N) is 3. The van der Waals surface area contributed by atoms with Crippen LogP contribution in [0, 0.1) is 27.9 Å². The van der Waals surface area contributed by atoms with Crippen molar-refractivity contribution in [2.75, 3.05) is 26.6 Å². The zero-order chi connectivity index (χ0) is 51.1. The highest BCUT2D eigenvalue weighted by Crippen LogP contribution is 2.62. The summed E-state index contributed by atoms with van der Waals surface area (Å²) in [6, 6.07) is 33.8. The number of aliphatic hydroxyl groups excluding tert-OH is 2. The zero-order valence-corrected chi connectivity index (χ0v) is 41.5. The van der Waals surface area contributed by atoms with E-state index >= 15 is 4.79 Å². The summed E-state index contributed by atoms with van der Waals surface area (Å²) in [6.07, 6.45) is 7.51. The highest BCUT2D eigenvalue weighted by atomic mass is 16.7. The van der Waals surface area contributed by atoms with Gasteiger partial charge >= 0.3 is 6.09 Å². The quantitative estimate of drug-likeness (QED) is 0.0326. The number of hydrogen-bond donors (Lipinski definition) is 2. The van der Waals surface area contributed by atoms with Crippen molar-refractivity contribution in [1.29, 1.82) is 0 Å². The molecule has 0 radical (unpaired) electrons. The predicted molar refractivity (Wildman–Crippen MR) is 275 cm³/mol. The average Bonchev–Trinajstić information content (AvgIpc) is 3.86. The van der Waals surface area contributed by atoms with Crippen LogP contribution in [0.5, 0.6) is 34.5 Å². The molecule has 0 saturated heterocycles. The van der Waals surface area contributed by atoms with Gasteiger partial charge in [-0.15, -0.1) is 6.58 Å². The topological polar surface area (TPSA) is 181 Å². The van der Waals surface area contributed by atoms with Crippen LogP contribution in [-0.2, 0) is 16.1 Å². The first kappa shape index (κ1) is 50.7. The van der Waals surface area contributed by atoms with E-state index in [0.717, 1.165) is 47.9 Å². The van der Waals surface area contributed by atoms with E-state index in [-0.39, 0.29) is 68.8 Å². The number of nitro benzene ring substituents is 1. The molecule has 2 N–H and O–H groups in total. The molecule has 2 heterocycles. The summed E-state index contributed by atoms with van der Waals surface area (Å²) < 4.78 is 38.9. The maximum Gasteiger partial charge on any atom is 0.416 e. The van der Waals surface area contributed by atoms with Gasteiger partial charge in [0, 0.05) is 49.8 Å². The van der Waals surface area contributed by atoms with Crippen LogP contribution in [0.4, 0.5) is 10.5 Å². The smallest absolute Gasteiger partial charge is 0.416 e. The van der Waals surface area contributed by atoms with Gasteiger partial charge in [-0.05, 0) is 135 Å². The molecule has 2 aliphatic heterocycles. The van der Waals surface area contributed by atoms with Crippen molar-refractivity contribution in [3.63, 3.8) is 0 Å². The number of allylic oxidation sites excluding steroid dienone is 1. The van der Waals surface area contributed by atoms with Crippen molar-refractivity contribution in [2.24, 2.45) is 22.9 Å². The Bertz CT molecular complexity index is 2810. The molecule has 15 heteroatoms. The largest absolute Gasteiger partial charge is 0.459 e. The Hall–Kier alpha value is -7.20. The molecule has 0 bridgehead atoms. The van der Waals surface area contributed by atoms with Crippen LogP contribution in [0.15, 0.2) is 145 Å². The van der Waals surface area contributed by atoms with Gasteiger partial charge in [0.1, 0.15) is 34.6 Å². The molecule has 9 rings (SSSR count). The number of nitro groups is 1. The number of benzene rings is 5. The molecule has 4 aliphatic rings. The number of ether oxygens (including phenoxy) is 6. The minimum atomic E-state index is -1.62. The summed E-state index contributed by atoms with van der Waals surface area (Å²) in [5.74, 6) is 0.348. The van der Waals surface area contributed by atoms with E-state index in [0.29, 0.717) is 52.9 Å². The Kier molecular flexibility index (Phi) is 15.5. The van der Waals surface area contributed by atoms with Gasteiger partial charge < -0.3 is 43.5 Å². The number of fused-ring (bicyclic) bond motifs is 3. The lowest BCUT2D eigenvalue weighted by Gasteiger charge is -2.60. The average molecular weight is 994 g/mol. The fraction of sp³-hybridized carbons (Fsp3) is 0.379. The summed E-state index contributed by atoms with van der Waals surface area (Å²) in [5.41, 5.74) is 4.35. The second kappa shape index (κ2) is 22.3. The number of carbonyl (C=O) groups is 1. The number of rotatable bonds is 20. The SMILES string of the molecule is C=CCOC12Oc3ccc(Oc4ccc(-c5ccccc5)cc4)cc3C3C(CCCCO)C(CCCCO)C=C(C(=NOC(C)(C)C)CC1N(Cc1ccc4c(c1)OCO4)C(=O)Oc1ccc([N+](=O)[O-])cc1)C32. The van der Waals surface area contributed by atoms with Gasteiger partial charge in [-0.3, -0.25) is 15.0 Å². The first-order chi connectivity index (χ1) is 35.4. The summed E-state index contributed by atoms with van der Waals surface area (Å²) in [6.45, 7) is 10.0. The first-order valence-electron chi connectivity index (χ1n) is 25.1. The molecule has 2 aliphatic carbocycles. The Balaban J connectivity index is 1.22. The fourth-order valence-electron chi connectivity index (χ4n) is 10.7.